The van der Waals surface area contributed by atoms with Gasteiger partial charge in [0.25, 0.3) is 0 Å². The summed E-state index contributed by atoms with van der Waals surface area (Å²) in [5.41, 5.74) is 1.57. The molecule has 20 heavy (non-hydrogen) atoms. The van der Waals surface area contributed by atoms with Gasteiger partial charge in [-0.3, -0.25) is 5.32 Å². The van der Waals surface area contributed by atoms with Gasteiger partial charge in [0.2, 0.25) is 6.34 Å². The zero-order valence-electron chi connectivity index (χ0n) is 14.2. The molecule has 2 rings (SSSR count). The van der Waals surface area contributed by atoms with Gasteiger partial charge in [0.05, 0.1) is 7.05 Å². The molecule has 2 aliphatic rings. The third kappa shape index (κ3) is 3.45. The number of rotatable bonds is 6. The fourth-order valence-electron chi connectivity index (χ4n) is 3.42. The highest BCUT2D eigenvalue weighted by molar-refractivity contribution is 5.51. The van der Waals surface area contributed by atoms with Crippen molar-refractivity contribution in [3.05, 3.63) is 11.8 Å². The molecule has 114 valence electrons. The molecule has 1 aliphatic carbocycles. The van der Waals surface area contributed by atoms with Crippen molar-refractivity contribution in [1.29, 1.82) is 0 Å². The summed E-state index contributed by atoms with van der Waals surface area (Å²) in [5.74, 6) is 4.07. The predicted octanol–water partition coefficient (Wildman–Crippen LogP) is 3.88. The molecule has 1 N–H and O–H groups in total. The Labute approximate surface area is 125 Å². The van der Waals surface area contributed by atoms with Gasteiger partial charge in [-0.2, -0.15) is 0 Å². The van der Waals surface area contributed by atoms with Crippen molar-refractivity contribution in [3.8, 4) is 0 Å². The standard InChI is InChI=1S/C18H32N2/c1-7-13(4)8-16(15-9-14(15)5)18-10-17(12(2)3)19-11-20(18)6/h10-17H,7-9H2,1-6H3/p+1. The molecule has 0 aromatic rings. The van der Waals surface area contributed by atoms with Crippen LogP contribution in [0, 0.1) is 29.6 Å². The fraction of sp³-hybridized carbons (Fsp3) is 0.833. The molecule has 1 fully saturated rings. The van der Waals surface area contributed by atoms with E-state index in [0.717, 1.165) is 23.7 Å². The summed E-state index contributed by atoms with van der Waals surface area (Å²) < 4.78 is 2.33. The summed E-state index contributed by atoms with van der Waals surface area (Å²) in [4.78, 5) is 0. The number of nitrogens with one attached hydrogen (secondary N) is 1. The molecule has 0 bridgehead atoms. The van der Waals surface area contributed by atoms with E-state index in [-0.39, 0.29) is 0 Å². The lowest BCUT2D eigenvalue weighted by Crippen LogP contribution is -2.40. The number of hydrogen-bond donors (Lipinski definition) is 1. The number of nitrogens with zero attached hydrogens (tertiary/aromatic N) is 1. The van der Waals surface area contributed by atoms with E-state index in [4.69, 9.17) is 0 Å². The molecule has 1 saturated carbocycles. The van der Waals surface area contributed by atoms with Crippen molar-refractivity contribution in [2.24, 2.45) is 29.6 Å². The van der Waals surface area contributed by atoms with Gasteiger partial charge in [-0.05, 0) is 36.5 Å². The van der Waals surface area contributed by atoms with E-state index in [1.54, 1.807) is 5.70 Å². The van der Waals surface area contributed by atoms with E-state index in [9.17, 15) is 0 Å². The van der Waals surface area contributed by atoms with Crippen molar-refractivity contribution in [2.45, 2.75) is 59.9 Å². The van der Waals surface area contributed by atoms with E-state index >= 15 is 0 Å². The third-order valence-electron chi connectivity index (χ3n) is 5.36. The van der Waals surface area contributed by atoms with Crippen LogP contribution in [0.2, 0.25) is 0 Å². The molecule has 0 aromatic carbocycles. The van der Waals surface area contributed by atoms with Crippen molar-refractivity contribution in [1.82, 2.24) is 5.32 Å². The highest BCUT2D eigenvalue weighted by Crippen LogP contribution is 2.49. The summed E-state index contributed by atoms with van der Waals surface area (Å²) in [6.45, 7) is 11.7. The Bertz CT molecular complexity index is 394. The van der Waals surface area contributed by atoms with E-state index in [1.807, 2.05) is 0 Å². The van der Waals surface area contributed by atoms with Crippen LogP contribution in [-0.2, 0) is 0 Å². The van der Waals surface area contributed by atoms with E-state index in [0.29, 0.717) is 12.0 Å². The monoisotopic (exact) mass is 277 g/mol. The lowest BCUT2D eigenvalue weighted by atomic mass is 9.85. The highest BCUT2D eigenvalue weighted by atomic mass is 15.1. The molecule has 2 nitrogen and oxygen atoms in total. The van der Waals surface area contributed by atoms with Crippen LogP contribution in [0.5, 0.6) is 0 Å². The van der Waals surface area contributed by atoms with Crippen LogP contribution in [0.15, 0.2) is 11.8 Å². The van der Waals surface area contributed by atoms with Crippen LogP contribution in [-0.4, -0.2) is 24.0 Å². The molecule has 5 atom stereocenters. The topological polar surface area (TPSA) is 15.0 Å². The summed E-state index contributed by atoms with van der Waals surface area (Å²) in [7, 11) is 2.20. The SMILES string of the molecule is CCC(C)CC(C1=CC(C(C)C)NC=[N+]1C)C1CC1C. The van der Waals surface area contributed by atoms with Crippen molar-refractivity contribution >= 4 is 6.34 Å². The number of hydrogen-bond acceptors (Lipinski definition) is 1. The van der Waals surface area contributed by atoms with Gasteiger partial charge < -0.3 is 0 Å². The maximum absolute atomic E-state index is 3.52. The van der Waals surface area contributed by atoms with Crippen molar-refractivity contribution < 1.29 is 4.58 Å². The van der Waals surface area contributed by atoms with Gasteiger partial charge in [0, 0.05) is 12.0 Å². The second kappa shape index (κ2) is 6.32. The Morgan fingerprint density at radius 2 is 2.00 bits per heavy atom. The first-order valence-electron chi connectivity index (χ1n) is 8.47. The Kier molecular flexibility index (Phi) is 4.93. The zero-order valence-corrected chi connectivity index (χ0v) is 14.2. The average Bonchev–Trinajstić information content (AvgIpc) is 3.13. The predicted molar refractivity (Wildman–Crippen MR) is 86.9 cm³/mol. The summed E-state index contributed by atoms with van der Waals surface area (Å²) in [6, 6.07) is 0.495. The molecule has 1 heterocycles. The molecule has 0 radical (unpaired) electrons. The van der Waals surface area contributed by atoms with Crippen LogP contribution < -0.4 is 5.32 Å². The highest BCUT2D eigenvalue weighted by Gasteiger charge is 2.43. The van der Waals surface area contributed by atoms with E-state index < -0.39 is 0 Å². The molecular formula is C18H33N2+. The van der Waals surface area contributed by atoms with Crippen LogP contribution in [0.25, 0.3) is 0 Å². The quantitative estimate of drug-likeness (QED) is 0.728. The summed E-state index contributed by atoms with van der Waals surface area (Å²) in [5, 5.41) is 3.52. The van der Waals surface area contributed by atoms with Gasteiger partial charge in [0.1, 0.15) is 11.7 Å². The van der Waals surface area contributed by atoms with Crippen LogP contribution >= 0.6 is 0 Å². The van der Waals surface area contributed by atoms with Crippen molar-refractivity contribution in [2.75, 3.05) is 7.05 Å². The molecule has 1 aliphatic heterocycles. The van der Waals surface area contributed by atoms with E-state index in [2.05, 4.69) is 64.0 Å². The minimum Gasteiger partial charge on any atom is -0.274 e. The third-order valence-corrected chi connectivity index (χ3v) is 5.36. The van der Waals surface area contributed by atoms with Crippen LogP contribution in [0.3, 0.4) is 0 Å². The van der Waals surface area contributed by atoms with E-state index in [1.165, 1.54) is 19.3 Å². The first kappa shape index (κ1) is 15.6. The van der Waals surface area contributed by atoms with Crippen molar-refractivity contribution in [3.63, 3.8) is 0 Å². The van der Waals surface area contributed by atoms with Crippen LogP contribution in [0.4, 0.5) is 0 Å². The molecule has 2 heteroatoms. The van der Waals surface area contributed by atoms with Crippen LogP contribution in [0.1, 0.15) is 53.9 Å². The molecule has 0 amide bonds. The Morgan fingerprint density at radius 1 is 1.35 bits per heavy atom. The fourth-order valence-corrected chi connectivity index (χ4v) is 3.42. The summed E-state index contributed by atoms with van der Waals surface area (Å²) in [6.07, 6.45) is 8.75. The largest absolute Gasteiger partial charge is 0.274 e. The Hall–Kier alpha value is -0.790. The first-order chi connectivity index (χ1) is 9.43. The summed E-state index contributed by atoms with van der Waals surface area (Å²) >= 11 is 0. The van der Waals surface area contributed by atoms with Gasteiger partial charge in [-0.25, -0.2) is 4.58 Å². The maximum Gasteiger partial charge on any atom is 0.237 e. The lowest BCUT2D eigenvalue weighted by molar-refractivity contribution is -0.453. The van der Waals surface area contributed by atoms with Gasteiger partial charge >= 0.3 is 0 Å². The van der Waals surface area contributed by atoms with Gasteiger partial charge in [0.15, 0.2) is 0 Å². The normalized spacial score (nSPS) is 32.2. The molecule has 5 unspecified atom stereocenters. The van der Waals surface area contributed by atoms with Gasteiger partial charge in [-0.1, -0.05) is 41.0 Å². The number of allylic oxidation sites excluding steroid dienone is 1. The molecule has 0 aromatic heterocycles. The zero-order chi connectivity index (χ0) is 14.9. The smallest absolute Gasteiger partial charge is 0.237 e. The van der Waals surface area contributed by atoms with Gasteiger partial charge in [-0.15, -0.1) is 0 Å². The minimum atomic E-state index is 0.495. The Balaban J connectivity index is 2.19. The Morgan fingerprint density at radius 3 is 2.50 bits per heavy atom. The second-order valence-corrected chi connectivity index (χ2v) is 7.50. The lowest BCUT2D eigenvalue weighted by Gasteiger charge is -2.27. The molecule has 0 saturated heterocycles. The first-order valence-corrected chi connectivity index (χ1v) is 8.47. The average molecular weight is 277 g/mol. The molecule has 0 spiro atoms. The minimum absolute atomic E-state index is 0.495. The second-order valence-electron chi connectivity index (χ2n) is 7.50. The molecular weight excluding hydrogens is 244 g/mol. The maximum atomic E-state index is 3.52.